The molecule has 1 saturated heterocycles. The molecular weight excluding hydrogens is 236 g/mol. The van der Waals surface area contributed by atoms with E-state index in [9.17, 15) is 0 Å². The molecule has 1 aliphatic carbocycles. The zero-order chi connectivity index (χ0) is 13.5. The molecule has 3 heteroatoms. The summed E-state index contributed by atoms with van der Waals surface area (Å²) < 4.78 is 5.57. The third kappa shape index (κ3) is 5.05. The van der Waals surface area contributed by atoms with E-state index in [1.54, 1.807) is 0 Å². The highest BCUT2D eigenvalue weighted by atomic mass is 16.5. The molecule has 1 aliphatic heterocycles. The second kappa shape index (κ2) is 8.23. The van der Waals surface area contributed by atoms with Gasteiger partial charge in [0.25, 0.3) is 0 Å². The van der Waals surface area contributed by atoms with Gasteiger partial charge in [-0.15, -0.1) is 0 Å². The number of nitrogens with zero attached hydrogens (tertiary/aromatic N) is 1. The van der Waals surface area contributed by atoms with Crippen LogP contribution < -0.4 is 5.32 Å². The van der Waals surface area contributed by atoms with Crippen LogP contribution in [0.2, 0.25) is 0 Å². The molecule has 1 N–H and O–H groups in total. The van der Waals surface area contributed by atoms with Gasteiger partial charge in [-0.25, -0.2) is 0 Å². The lowest BCUT2D eigenvalue weighted by Gasteiger charge is -2.38. The lowest BCUT2D eigenvalue weighted by atomic mass is 9.78. The number of hydrogen-bond acceptors (Lipinski definition) is 3. The Balaban J connectivity index is 1.85. The van der Waals surface area contributed by atoms with Gasteiger partial charge in [-0.3, -0.25) is 0 Å². The fourth-order valence-corrected chi connectivity index (χ4v) is 3.61. The first-order valence-corrected chi connectivity index (χ1v) is 8.33. The molecule has 0 aromatic carbocycles. The second-order valence-corrected chi connectivity index (χ2v) is 6.51. The summed E-state index contributed by atoms with van der Waals surface area (Å²) in [5.41, 5.74) is 0. The third-order valence-corrected chi connectivity index (χ3v) is 4.71. The molecule has 0 amide bonds. The van der Waals surface area contributed by atoms with Crippen LogP contribution in [0.4, 0.5) is 0 Å². The number of hydrogen-bond donors (Lipinski definition) is 1. The summed E-state index contributed by atoms with van der Waals surface area (Å²) in [6.07, 6.45) is 6.63. The Hall–Kier alpha value is -0.120. The zero-order valence-corrected chi connectivity index (χ0v) is 12.9. The summed E-state index contributed by atoms with van der Waals surface area (Å²) in [5.74, 6) is 1.75. The molecule has 19 heavy (non-hydrogen) atoms. The number of nitrogens with one attached hydrogen (secondary N) is 1. The van der Waals surface area contributed by atoms with Crippen LogP contribution in [0.1, 0.15) is 46.0 Å². The maximum atomic E-state index is 5.57. The van der Waals surface area contributed by atoms with Gasteiger partial charge in [-0.2, -0.15) is 0 Å². The van der Waals surface area contributed by atoms with E-state index in [1.165, 1.54) is 51.7 Å². The van der Waals surface area contributed by atoms with Crippen molar-refractivity contribution < 1.29 is 4.74 Å². The van der Waals surface area contributed by atoms with Crippen molar-refractivity contribution in [3.63, 3.8) is 0 Å². The van der Waals surface area contributed by atoms with Gasteiger partial charge in [-0.05, 0) is 50.5 Å². The Morgan fingerprint density at radius 1 is 1.21 bits per heavy atom. The van der Waals surface area contributed by atoms with Gasteiger partial charge in [0.05, 0.1) is 6.61 Å². The van der Waals surface area contributed by atoms with Gasteiger partial charge >= 0.3 is 0 Å². The number of ether oxygens (including phenoxy) is 1. The molecule has 2 aliphatic rings. The molecule has 3 atom stereocenters. The van der Waals surface area contributed by atoms with Gasteiger partial charge in [0.15, 0.2) is 0 Å². The maximum absolute atomic E-state index is 5.57. The summed E-state index contributed by atoms with van der Waals surface area (Å²) >= 11 is 0. The van der Waals surface area contributed by atoms with Crippen LogP contribution in [0.3, 0.4) is 0 Å². The summed E-state index contributed by atoms with van der Waals surface area (Å²) in [5, 5.41) is 3.79. The number of rotatable bonds is 5. The highest BCUT2D eigenvalue weighted by molar-refractivity contribution is 4.85. The monoisotopic (exact) mass is 268 g/mol. The smallest absolute Gasteiger partial charge is 0.0593 e. The molecule has 3 nitrogen and oxygen atoms in total. The van der Waals surface area contributed by atoms with Gasteiger partial charge in [0.2, 0.25) is 0 Å². The Bertz CT molecular complexity index is 237. The van der Waals surface area contributed by atoms with Crippen molar-refractivity contribution in [3.05, 3.63) is 0 Å². The summed E-state index contributed by atoms with van der Waals surface area (Å²) in [6, 6.07) is 0.750. The standard InChI is InChI=1S/C16H32N2O/c1-3-7-17-16-6-5-14(2)12-15(16)13-18-8-4-10-19-11-9-18/h14-17H,3-13H2,1-2H3. The van der Waals surface area contributed by atoms with E-state index >= 15 is 0 Å². The van der Waals surface area contributed by atoms with Crippen molar-refractivity contribution in [1.82, 2.24) is 10.2 Å². The highest BCUT2D eigenvalue weighted by Crippen LogP contribution is 2.30. The molecule has 0 aromatic heterocycles. The van der Waals surface area contributed by atoms with E-state index in [2.05, 4.69) is 24.1 Å². The van der Waals surface area contributed by atoms with E-state index in [0.29, 0.717) is 0 Å². The van der Waals surface area contributed by atoms with Crippen LogP contribution in [0.5, 0.6) is 0 Å². The normalized spacial score (nSPS) is 34.1. The molecule has 0 aromatic rings. The molecule has 112 valence electrons. The predicted octanol–water partition coefficient (Wildman–Crippen LogP) is 2.51. The van der Waals surface area contributed by atoms with E-state index in [4.69, 9.17) is 4.74 Å². The Morgan fingerprint density at radius 2 is 2.11 bits per heavy atom. The van der Waals surface area contributed by atoms with Crippen molar-refractivity contribution in [3.8, 4) is 0 Å². The van der Waals surface area contributed by atoms with Crippen LogP contribution in [0, 0.1) is 11.8 Å². The van der Waals surface area contributed by atoms with Gasteiger partial charge < -0.3 is 15.0 Å². The Morgan fingerprint density at radius 3 is 2.95 bits per heavy atom. The lowest BCUT2D eigenvalue weighted by molar-refractivity contribution is 0.123. The van der Waals surface area contributed by atoms with Gasteiger partial charge in [0.1, 0.15) is 0 Å². The van der Waals surface area contributed by atoms with Crippen molar-refractivity contribution in [1.29, 1.82) is 0 Å². The van der Waals surface area contributed by atoms with Crippen molar-refractivity contribution in [2.45, 2.75) is 52.0 Å². The quantitative estimate of drug-likeness (QED) is 0.829. The molecule has 3 unspecified atom stereocenters. The summed E-state index contributed by atoms with van der Waals surface area (Å²) in [4.78, 5) is 2.64. The average molecular weight is 268 g/mol. The van der Waals surface area contributed by atoms with Crippen LogP contribution >= 0.6 is 0 Å². The zero-order valence-electron chi connectivity index (χ0n) is 12.9. The first-order chi connectivity index (χ1) is 9.29. The Labute approximate surface area is 119 Å². The maximum Gasteiger partial charge on any atom is 0.0593 e. The van der Waals surface area contributed by atoms with Crippen molar-refractivity contribution in [2.24, 2.45) is 11.8 Å². The first-order valence-electron chi connectivity index (χ1n) is 8.33. The topological polar surface area (TPSA) is 24.5 Å². The minimum absolute atomic E-state index is 0.750. The first kappa shape index (κ1) is 15.3. The van der Waals surface area contributed by atoms with Crippen LogP contribution in [0.15, 0.2) is 0 Å². The van der Waals surface area contributed by atoms with E-state index < -0.39 is 0 Å². The van der Waals surface area contributed by atoms with Crippen LogP contribution in [-0.4, -0.2) is 50.3 Å². The minimum Gasteiger partial charge on any atom is -0.380 e. The summed E-state index contributed by atoms with van der Waals surface area (Å²) in [6.45, 7) is 11.4. The predicted molar refractivity (Wildman–Crippen MR) is 80.5 cm³/mol. The minimum atomic E-state index is 0.750. The molecule has 0 radical (unpaired) electrons. The van der Waals surface area contributed by atoms with Crippen molar-refractivity contribution >= 4 is 0 Å². The fourth-order valence-electron chi connectivity index (χ4n) is 3.61. The average Bonchev–Trinajstić information content (AvgIpc) is 2.66. The molecule has 2 fully saturated rings. The SMILES string of the molecule is CCCNC1CCC(C)CC1CN1CCCOCC1. The lowest BCUT2D eigenvalue weighted by Crippen LogP contribution is -2.46. The molecule has 0 bridgehead atoms. The molecule has 1 saturated carbocycles. The van der Waals surface area contributed by atoms with Gasteiger partial charge in [0, 0.05) is 32.3 Å². The summed E-state index contributed by atoms with van der Waals surface area (Å²) in [7, 11) is 0. The fraction of sp³-hybridized carbons (Fsp3) is 1.00. The van der Waals surface area contributed by atoms with E-state index in [1.807, 2.05) is 0 Å². The molecule has 2 rings (SSSR count). The van der Waals surface area contributed by atoms with Crippen molar-refractivity contribution in [2.75, 3.05) is 39.4 Å². The largest absolute Gasteiger partial charge is 0.380 e. The second-order valence-electron chi connectivity index (χ2n) is 6.51. The van der Waals surface area contributed by atoms with E-state index in [-0.39, 0.29) is 0 Å². The molecule has 1 heterocycles. The van der Waals surface area contributed by atoms with Crippen LogP contribution in [0.25, 0.3) is 0 Å². The van der Waals surface area contributed by atoms with Crippen LogP contribution in [-0.2, 0) is 4.74 Å². The van der Waals surface area contributed by atoms with Gasteiger partial charge in [-0.1, -0.05) is 13.8 Å². The highest BCUT2D eigenvalue weighted by Gasteiger charge is 2.29. The van der Waals surface area contributed by atoms with E-state index in [0.717, 1.165) is 37.6 Å². The Kier molecular flexibility index (Phi) is 6.62. The molecule has 0 spiro atoms. The molecular formula is C16H32N2O. The third-order valence-electron chi connectivity index (χ3n) is 4.71.